The van der Waals surface area contributed by atoms with Gasteiger partial charge in [-0.15, -0.1) is 0 Å². The summed E-state index contributed by atoms with van der Waals surface area (Å²) in [6, 6.07) is 20.3. The molecule has 6 rings (SSSR count). The molecule has 1 aliphatic rings. The van der Waals surface area contributed by atoms with Crippen molar-refractivity contribution in [3.63, 3.8) is 0 Å². The van der Waals surface area contributed by atoms with Gasteiger partial charge in [-0.25, -0.2) is 9.48 Å². The third kappa shape index (κ3) is 3.17. The van der Waals surface area contributed by atoms with E-state index < -0.39 is 5.76 Å². The third-order valence-corrected chi connectivity index (χ3v) is 6.07. The van der Waals surface area contributed by atoms with Crippen LogP contribution in [0, 0.1) is 6.92 Å². The molecule has 3 heterocycles. The van der Waals surface area contributed by atoms with Crippen LogP contribution in [0.4, 0.5) is 0 Å². The Bertz CT molecular complexity index is 1590. The Morgan fingerprint density at radius 3 is 2.79 bits per heavy atom. The topological polar surface area (TPSA) is 85.9 Å². The number of aromatic amines is 1. The maximum atomic E-state index is 11.6. The van der Waals surface area contributed by atoms with Crippen LogP contribution in [0.25, 0.3) is 27.7 Å². The molecule has 2 aromatic heterocycles. The average Bonchev–Trinajstić information content (AvgIpc) is 3.41. The lowest BCUT2D eigenvalue weighted by Gasteiger charge is -2.16. The van der Waals surface area contributed by atoms with Gasteiger partial charge in [-0.05, 0) is 60.4 Å². The minimum Gasteiger partial charge on any atom is -0.488 e. The number of ether oxygens (including phenoxy) is 1. The molecule has 7 nitrogen and oxygen atoms in total. The Morgan fingerprint density at radius 2 is 1.97 bits per heavy atom. The summed E-state index contributed by atoms with van der Waals surface area (Å²) in [6.07, 6.45) is 2.02. The number of benzene rings is 3. The van der Waals surface area contributed by atoms with E-state index in [2.05, 4.69) is 35.3 Å². The van der Waals surface area contributed by atoms with Crippen LogP contribution in [0.3, 0.4) is 0 Å². The van der Waals surface area contributed by atoms with E-state index >= 15 is 0 Å². The lowest BCUT2D eigenvalue weighted by atomic mass is 9.88. The summed E-state index contributed by atoms with van der Waals surface area (Å²) in [5.41, 5.74) is 7.74. The van der Waals surface area contributed by atoms with Crippen molar-refractivity contribution in [3.05, 3.63) is 105 Å². The van der Waals surface area contributed by atoms with E-state index in [1.807, 2.05) is 60.3 Å². The van der Waals surface area contributed by atoms with Gasteiger partial charge in [0.1, 0.15) is 12.4 Å². The van der Waals surface area contributed by atoms with Crippen molar-refractivity contribution in [2.24, 2.45) is 0 Å². The van der Waals surface area contributed by atoms with Crippen LogP contribution in [-0.4, -0.2) is 19.9 Å². The number of allylic oxidation sites excluding steroid dienone is 1. The van der Waals surface area contributed by atoms with E-state index in [9.17, 15) is 4.79 Å². The first-order chi connectivity index (χ1) is 16.1. The van der Waals surface area contributed by atoms with E-state index in [0.717, 1.165) is 55.7 Å². The predicted molar refractivity (Wildman–Crippen MR) is 125 cm³/mol. The molecule has 1 N–H and O–H groups in total. The number of rotatable bonds is 2. The minimum atomic E-state index is -0.582. The van der Waals surface area contributed by atoms with E-state index in [1.165, 1.54) is 0 Å². The highest BCUT2D eigenvalue weighted by atomic mass is 16.5. The third-order valence-electron chi connectivity index (χ3n) is 6.07. The van der Waals surface area contributed by atoms with Crippen molar-refractivity contribution in [1.82, 2.24) is 19.9 Å². The zero-order valence-corrected chi connectivity index (χ0v) is 18.1. The number of H-pyrrole nitrogens is 1. The van der Waals surface area contributed by atoms with Crippen LogP contribution < -0.4 is 10.5 Å². The normalized spacial score (nSPS) is 14.4. The molecule has 162 valence electrons. The van der Waals surface area contributed by atoms with Gasteiger partial charge >= 0.3 is 5.76 Å². The standard InChI is InChI=1S/C26H20N4O3/c1-15-6-5-9-22-23(15)24(16(2)25-27-26(31)33-29-25)20-11-10-19(12-18(20)14-32-22)30-13-17-7-3-4-8-21(17)28-30/h3-13H,14H2,1-2H3,(H,27,29,31)/b24-16+. The molecule has 5 aromatic rings. The number of hydrogen-bond donors (Lipinski definition) is 1. The van der Waals surface area contributed by atoms with Crippen molar-refractivity contribution < 1.29 is 9.26 Å². The van der Waals surface area contributed by atoms with Crippen LogP contribution in [0.5, 0.6) is 5.75 Å². The van der Waals surface area contributed by atoms with Gasteiger partial charge in [-0.2, -0.15) is 5.10 Å². The highest BCUT2D eigenvalue weighted by Crippen LogP contribution is 2.42. The Balaban J connectivity index is 1.58. The number of nitrogens with zero attached hydrogens (tertiary/aromatic N) is 3. The molecule has 33 heavy (non-hydrogen) atoms. The second kappa shape index (κ2) is 7.34. The van der Waals surface area contributed by atoms with Crippen molar-refractivity contribution in [2.45, 2.75) is 20.5 Å². The monoisotopic (exact) mass is 436 g/mol. The first kappa shape index (κ1) is 19.3. The molecule has 0 saturated carbocycles. The summed E-state index contributed by atoms with van der Waals surface area (Å²) in [5.74, 6) is 0.610. The Hall–Kier alpha value is -4.39. The number of nitrogens with one attached hydrogen (secondary N) is 1. The summed E-state index contributed by atoms with van der Waals surface area (Å²) in [4.78, 5) is 14.3. The fourth-order valence-electron chi connectivity index (χ4n) is 4.45. The molecule has 0 spiro atoms. The maximum absolute atomic E-state index is 11.6. The van der Waals surface area contributed by atoms with Crippen molar-refractivity contribution in [2.75, 3.05) is 0 Å². The maximum Gasteiger partial charge on any atom is 0.439 e. The minimum absolute atomic E-state index is 0.402. The largest absolute Gasteiger partial charge is 0.488 e. The van der Waals surface area contributed by atoms with E-state index in [-0.39, 0.29) is 0 Å². The van der Waals surface area contributed by atoms with Crippen molar-refractivity contribution in [3.8, 4) is 11.4 Å². The molecule has 1 aliphatic heterocycles. The summed E-state index contributed by atoms with van der Waals surface area (Å²) in [6.45, 7) is 4.39. The van der Waals surface area contributed by atoms with Crippen LogP contribution in [0.1, 0.15) is 35.0 Å². The van der Waals surface area contributed by atoms with Crippen molar-refractivity contribution >= 4 is 22.0 Å². The molecule has 0 atom stereocenters. The van der Waals surface area contributed by atoms with Gasteiger partial charge < -0.3 is 4.74 Å². The molecule has 7 heteroatoms. The first-order valence-electron chi connectivity index (χ1n) is 10.7. The first-order valence-corrected chi connectivity index (χ1v) is 10.7. The van der Waals surface area contributed by atoms with Gasteiger partial charge in [-0.3, -0.25) is 9.51 Å². The average molecular weight is 436 g/mol. The van der Waals surface area contributed by atoms with E-state index in [4.69, 9.17) is 14.4 Å². The molecular weight excluding hydrogens is 416 g/mol. The van der Waals surface area contributed by atoms with Crippen LogP contribution in [0.2, 0.25) is 0 Å². The number of aryl methyl sites for hydroxylation is 1. The summed E-state index contributed by atoms with van der Waals surface area (Å²) in [5, 5.41) is 9.73. The second-order valence-electron chi connectivity index (χ2n) is 8.15. The highest BCUT2D eigenvalue weighted by Gasteiger charge is 2.25. The Kier molecular flexibility index (Phi) is 4.29. The number of fused-ring (bicyclic) bond motifs is 3. The SMILES string of the molecule is C/C(=C1/c2ccc(-n3cc4ccccc4n3)cc2COc2cccc(C)c21)c1noc(=O)[nH]1. The van der Waals surface area contributed by atoms with Gasteiger partial charge in [0.15, 0.2) is 5.82 Å². The summed E-state index contributed by atoms with van der Waals surface area (Å²) in [7, 11) is 0. The second-order valence-corrected chi connectivity index (χ2v) is 8.15. The highest BCUT2D eigenvalue weighted by molar-refractivity contribution is 6.00. The van der Waals surface area contributed by atoms with Gasteiger partial charge in [0.25, 0.3) is 0 Å². The molecule has 0 bridgehead atoms. The van der Waals surface area contributed by atoms with Gasteiger partial charge in [-0.1, -0.05) is 41.6 Å². The van der Waals surface area contributed by atoms with Gasteiger partial charge in [0.2, 0.25) is 0 Å². The predicted octanol–water partition coefficient (Wildman–Crippen LogP) is 4.88. The zero-order chi connectivity index (χ0) is 22.5. The zero-order valence-electron chi connectivity index (χ0n) is 18.1. The molecule has 0 amide bonds. The lowest BCUT2D eigenvalue weighted by Crippen LogP contribution is -2.02. The summed E-state index contributed by atoms with van der Waals surface area (Å²) < 4.78 is 12.9. The molecule has 0 aliphatic carbocycles. The van der Waals surface area contributed by atoms with Crippen LogP contribution in [0.15, 0.2) is 76.2 Å². The fourth-order valence-corrected chi connectivity index (χ4v) is 4.45. The molecule has 0 radical (unpaired) electrons. The van der Waals surface area contributed by atoms with Crippen LogP contribution >= 0.6 is 0 Å². The van der Waals surface area contributed by atoms with E-state index in [0.29, 0.717) is 12.4 Å². The Labute approximate surface area is 188 Å². The smallest absolute Gasteiger partial charge is 0.439 e. The molecule has 0 saturated heterocycles. The number of hydrogen-bond acceptors (Lipinski definition) is 5. The van der Waals surface area contributed by atoms with Crippen molar-refractivity contribution in [1.29, 1.82) is 0 Å². The van der Waals surface area contributed by atoms with E-state index in [1.54, 1.807) is 0 Å². The van der Waals surface area contributed by atoms with Gasteiger partial charge in [0, 0.05) is 22.7 Å². The quantitative estimate of drug-likeness (QED) is 0.426. The molecule has 3 aromatic carbocycles. The lowest BCUT2D eigenvalue weighted by molar-refractivity contribution is 0.307. The molecule has 0 unspecified atom stereocenters. The summed E-state index contributed by atoms with van der Waals surface area (Å²) >= 11 is 0. The van der Waals surface area contributed by atoms with Crippen LogP contribution in [-0.2, 0) is 6.61 Å². The van der Waals surface area contributed by atoms with Gasteiger partial charge in [0.05, 0.1) is 11.2 Å². The molecular formula is C26H20N4O3. The number of aromatic nitrogens is 4. The molecule has 0 fully saturated rings. The fraction of sp³-hybridized carbons (Fsp3) is 0.115. The Morgan fingerprint density at radius 1 is 1.09 bits per heavy atom.